The van der Waals surface area contributed by atoms with Crippen LogP contribution in [0.1, 0.15) is 18.5 Å². The molecule has 5 nitrogen and oxygen atoms in total. The maximum absolute atomic E-state index is 12.4. The van der Waals surface area contributed by atoms with Gasteiger partial charge in [-0.15, -0.1) is 0 Å². The first-order valence-electron chi connectivity index (χ1n) is 7.66. The number of benzene rings is 1. The lowest BCUT2D eigenvalue weighted by molar-refractivity contribution is 0.192. The van der Waals surface area contributed by atoms with Gasteiger partial charge in [0.2, 0.25) is 0 Å². The summed E-state index contributed by atoms with van der Waals surface area (Å²) in [5.41, 5.74) is 1.88. The molecular weight excluding hydrogens is 308 g/mol. The second-order valence-corrected chi connectivity index (χ2v) is 6.62. The van der Waals surface area contributed by atoms with Crippen molar-refractivity contribution in [1.82, 2.24) is 9.88 Å². The van der Waals surface area contributed by atoms with Gasteiger partial charge in [0.25, 0.3) is 0 Å². The number of urea groups is 1. The summed E-state index contributed by atoms with van der Waals surface area (Å²) in [6.07, 6.45) is 1.50. The molecule has 0 aliphatic carbocycles. The van der Waals surface area contributed by atoms with Crippen molar-refractivity contribution in [2.24, 2.45) is 5.92 Å². The Labute approximate surface area is 139 Å². The van der Waals surface area contributed by atoms with E-state index in [0.29, 0.717) is 13.1 Å². The van der Waals surface area contributed by atoms with Gasteiger partial charge in [-0.1, -0.05) is 41.7 Å². The summed E-state index contributed by atoms with van der Waals surface area (Å²) in [4.78, 5) is 18.7. The van der Waals surface area contributed by atoms with Crippen molar-refractivity contribution in [3.05, 3.63) is 36.0 Å². The van der Waals surface area contributed by atoms with Crippen molar-refractivity contribution in [1.29, 1.82) is 5.26 Å². The first-order valence-corrected chi connectivity index (χ1v) is 8.47. The molecule has 0 saturated carbocycles. The van der Waals surface area contributed by atoms with Crippen LogP contribution < -0.4 is 5.32 Å². The number of carbonyl (C=O) groups is 1. The fourth-order valence-corrected chi connectivity index (χ4v) is 3.57. The van der Waals surface area contributed by atoms with Gasteiger partial charge in [0.1, 0.15) is 10.0 Å². The van der Waals surface area contributed by atoms with Gasteiger partial charge in [0.15, 0.2) is 0 Å². The minimum Gasteiger partial charge on any atom is -0.324 e. The number of piperidine rings is 1. The van der Waals surface area contributed by atoms with Crippen LogP contribution in [-0.2, 0) is 0 Å². The minimum absolute atomic E-state index is 0.0777. The van der Waals surface area contributed by atoms with Crippen LogP contribution in [0.2, 0.25) is 0 Å². The summed E-state index contributed by atoms with van der Waals surface area (Å²) in [5.74, 6) is 0.0777. The Hall–Kier alpha value is -2.39. The van der Waals surface area contributed by atoms with E-state index in [0.717, 1.165) is 34.1 Å². The maximum Gasteiger partial charge on any atom is 0.322 e. The van der Waals surface area contributed by atoms with Crippen molar-refractivity contribution < 1.29 is 4.79 Å². The number of nitriles is 1. The third-order valence-electron chi connectivity index (χ3n) is 4.00. The van der Waals surface area contributed by atoms with E-state index in [9.17, 15) is 4.79 Å². The summed E-state index contributed by atoms with van der Waals surface area (Å²) in [7, 11) is 0. The molecule has 23 heavy (non-hydrogen) atoms. The minimum atomic E-state index is -0.104. The molecule has 1 aliphatic heterocycles. The average molecular weight is 326 g/mol. The van der Waals surface area contributed by atoms with Crippen molar-refractivity contribution in [2.75, 3.05) is 18.4 Å². The molecule has 1 saturated heterocycles. The highest BCUT2D eigenvalue weighted by molar-refractivity contribution is 7.19. The van der Waals surface area contributed by atoms with Crippen LogP contribution >= 0.6 is 11.3 Å². The summed E-state index contributed by atoms with van der Waals surface area (Å²) in [6.45, 7) is 3.17. The number of nitrogens with one attached hydrogen (secondary N) is 1. The number of hydrogen-bond donors (Lipinski definition) is 1. The normalized spacial score (nSPS) is 15.2. The third kappa shape index (κ3) is 3.51. The summed E-state index contributed by atoms with van der Waals surface area (Å²) in [6, 6.07) is 12.1. The van der Waals surface area contributed by atoms with E-state index in [1.165, 1.54) is 11.3 Å². The molecule has 2 aromatic rings. The van der Waals surface area contributed by atoms with Gasteiger partial charge in [0.05, 0.1) is 11.8 Å². The van der Waals surface area contributed by atoms with E-state index in [1.807, 2.05) is 37.3 Å². The second kappa shape index (κ2) is 6.80. The number of hydrogen-bond acceptors (Lipinski definition) is 4. The van der Waals surface area contributed by atoms with Crippen molar-refractivity contribution >= 4 is 22.4 Å². The van der Waals surface area contributed by atoms with Crippen LogP contribution in [-0.4, -0.2) is 29.0 Å². The Bertz CT molecular complexity index is 727. The van der Waals surface area contributed by atoms with Gasteiger partial charge in [0, 0.05) is 24.6 Å². The van der Waals surface area contributed by atoms with E-state index in [4.69, 9.17) is 5.26 Å². The van der Waals surface area contributed by atoms with Crippen LogP contribution in [0.4, 0.5) is 9.80 Å². The molecule has 0 bridgehead atoms. The zero-order chi connectivity index (χ0) is 16.2. The molecule has 3 rings (SSSR count). The van der Waals surface area contributed by atoms with Crippen LogP contribution in [0.5, 0.6) is 0 Å². The molecule has 2 amide bonds. The van der Waals surface area contributed by atoms with Crippen LogP contribution in [0.3, 0.4) is 0 Å². The van der Waals surface area contributed by atoms with E-state index in [1.54, 1.807) is 4.90 Å². The molecule has 2 heterocycles. The summed E-state index contributed by atoms with van der Waals surface area (Å²) >= 11 is 1.49. The van der Waals surface area contributed by atoms with Gasteiger partial charge < -0.3 is 4.90 Å². The predicted molar refractivity (Wildman–Crippen MR) is 91.2 cm³/mol. The predicted octanol–water partition coefficient (Wildman–Crippen LogP) is 3.89. The quantitative estimate of drug-likeness (QED) is 0.910. The molecule has 1 fully saturated rings. The van der Waals surface area contributed by atoms with Crippen LogP contribution in [0.15, 0.2) is 30.3 Å². The highest BCUT2D eigenvalue weighted by Gasteiger charge is 2.23. The SMILES string of the molecule is Cc1nc(-c2ccccc2)sc1NC(=O)N1CCC(C#N)CC1. The van der Waals surface area contributed by atoms with Crippen molar-refractivity contribution in [2.45, 2.75) is 19.8 Å². The molecule has 6 heteroatoms. The number of thiazole rings is 1. The number of aromatic nitrogens is 1. The number of aryl methyl sites for hydroxylation is 1. The number of amides is 2. The topological polar surface area (TPSA) is 69.0 Å². The Balaban J connectivity index is 1.68. The number of likely N-dealkylation sites (tertiary alicyclic amines) is 1. The lowest BCUT2D eigenvalue weighted by Gasteiger charge is -2.28. The number of anilines is 1. The monoisotopic (exact) mass is 326 g/mol. The molecule has 0 spiro atoms. The van der Waals surface area contributed by atoms with Crippen LogP contribution in [0.25, 0.3) is 10.6 Å². The number of carbonyl (C=O) groups excluding carboxylic acids is 1. The average Bonchev–Trinajstić information content (AvgIpc) is 2.96. The number of nitrogens with zero attached hydrogens (tertiary/aromatic N) is 3. The summed E-state index contributed by atoms with van der Waals surface area (Å²) < 4.78 is 0. The van der Waals surface area contributed by atoms with Gasteiger partial charge in [-0.3, -0.25) is 5.32 Å². The highest BCUT2D eigenvalue weighted by atomic mass is 32.1. The molecule has 0 radical (unpaired) electrons. The van der Waals surface area contributed by atoms with Gasteiger partial charge >= 0.3 is 6.03 Å². The molecule has 1 aliphatic rings. The smallest absolute Gasteiger partial charge is 0.322 e. The van der Waals surface area contributed by atoms with E-state index >= 15 is 0 Å². The molecule has 0 atom stereocenters. The fraction of sp³-hybridized carbons (Fsp3) is 0.353. The van der Waals surface area contributed by atoms with Gasteiger partial charge in [-0.05, 0) is 19.8 Å². The lowest BCUT2D eigenvalue weighted by atomic mass is 9.99. The largest absolute Gasteiger partial charge is 0.324 e. The Morgan fingerprint density at radius 3 is 2.70 bits per heavy atom. The first kappa shape index (κ1) is 15.5. The second-order valence-electron chi connectivity index (χ2n) is 5.62. The van der Waals surface area contributed by atoms with Crippen molar-refractivity contribution in [3.8, 4) is 16.6 Å². The zero-order valence-corrected chi connectivity index (χ0v) is 13.8. The molecule has 1 aromatic carbocycles. The Kier molecular flexibility index (Phi) is 4.58. The van der Waals surface area contributed by atoms with Crippen LogP contribution in [0, 0.1) is 24.2 Å². The Morgan fingerprint density at radius 1 is 1.35 bits per heavy atom. The molecule has 1 N–H and O–H groups in total. The van der Waals surface area contributed by atoms with Gasteiger partial charge in [-0.2, -0.15) is 5.26 Å². The summed E-state index contributed by atoms with van der Waals surface area (Å²) in [5, 5.41) is 13.6. The van der Waals surface area contributed by atoms with Crippen molar-refractivity contribution in [3.63, 3.8) is 0 Å². The standard InChI is InChI=1S/C17H18N4OS/c1-12-15(23-16(19-12)14-5-3-2-4-6-14)20-17(22)21-9-7-13(11-18)8-10-21/h2-6,13H,7-10H2,1H3,(H,20,22). The molecule has 0 unspecified atom stereocenters. The van der Waals surface area contributed by atoms with E-state index in [-0.39, 0.29) is 11.9 Å². The Morgan fingerprint density at radius 2 is 2.04 bits per heavy atom. The number of rotatable bonds is 2. The lowest BCUT2D eigenvalue weighted by Crippen LogP contribution is -2.40. The first-order chi connectivity index (χ1) is 11.2. The van der Waals surface area contributed by atoms with E-state index < -0.39 is 0 Å². The van der Waals surface area contributed by atoms with Gasteiger partial charge in [-0.25, -0.2) is 9.78 Å². The molecular formula is C17H18N4OS. The molecule has 1 aromatic heterocycles. The third-order valence-corrected chi connectivity index (χ3v) is 5.12. The maximum atomic E-state index is 12.4. The highest BCUT2D eigenvalue weighted by Crippen LogP contribution is 2.32. The molecule has 118 valence electrons. The van der Waals surface area contributed by atoms with E-state index in [2.05, 4.69) is 16.4 Å². The fourth-order valence-electron chi connectivity index (χ4n) is 2.60. The zero-order valence-electron chi connectivity index (χ0n) is 13.0.